The van der Waals surface area contributed by atoms with Gasteiger partial charge in [0.15, 0.2) is 15.5 Å². The van der Waals surface area contributed by atoms with Gasteiger partial charge in [0.2, 0.25) is 0 Å². The molecular formula is C11H14N4OS. The van der Waals surface area contributed by atoms with Gasteiger partial charge in [0, 0.05) is 13.1 Å². The van der Waals surface area contributed by atoms with Crippen LogP contribution in [0.2, 0.25) is 0 Å². The minimum Gasteiger partial charge on any atom is -0.348 e. The van der Waals surface area contributed by atoms with E-state index in [1.165, 1.54) is 43.3 Å². The highest BCUT2D eigenvalue weighted by molar-refractivity contribution is 7.21. The van der Waals surface area contributed by atoms with Crippen molar-refractivity contribution in [2.24, 2.45) is 0 Å². The maximum atomic E-state index is 11.6. The van der Waals surface area contributed by atoms with Crippen LogP contribution < -0.4 is 10.5 Å². The van der Waals surface area contributed by atoms with Gasteiger partial charge >= 0.3 is 0 Å². The average Bonchev–Trinajstić information content (AvgIpc) is 2.59. The Morgan fingerprint density at radius 1 is 1.24 bits per heavy atom. The molecule has 3 rings (SSSR count). The minimum atomic E-state index is -0.146. The topological polar surface area (TPSA) is 61.9 Å². The molecule has 5 nitrogen and oxygen atoms in total. The Labute approximate surface area is 103 Å². The minimum absolute atomic E-state index is 0.146. The smallest absolute Gasteiger partial charge is 0.278 e. The zero-order chi connectivity index (χ0) is 11.7. The second-order valence-electron chi connectivity index (χ2n) is 4.28. The number of fused-ring (bicyclic) bond motifs is 1. The second-order valence-corrected chi connectivity index (χ2v) is 5.24. The molecule has 1 aliphatic heterocycles. The number of rotatable bonds is 1. The van der Waals surface area contributed by atoms with E-state index >= 15 is 0 Å². The van der Waals surface area contributed by atoms with Crippen LogP contribution in [0.25, 0.3) is 10.3 Å². The van der Waals surface area contributed by atoms with Crippen LogP contribution in [0.4, 0.5) is 5.13 Å². The summed E-state index contributed by atoms with van der Waals surface area (Å²) in [4.78, 5) is 25.7. The van der Waals surface area contributed by atoms with Gasteiger partial charge in [0.05, 0.1) is 6.33 Å². The summed E-state index contributed by atoms with van der Waals surface area (Å²) in [5.74, 6) is 0. The Kier molecular flexibility index (Phi) is 2.80. The molecule has 0 aromatic carbocycles. The van der Waals surface area contributed by atoms with Gasteiger partial charge in [0.25, 0.3) is 5.56 Å². The van der Waals surface area contributed by atoms with Crippen molar-refractivity contribution in [1.82, 2.24) is 15.0 Å². The molecule has 0 atom stereocenters. The standard InChI is InChI=1S/C11H14N4OS/c16-9-8-10(13-7-12-9)17-11(14-8)15-5-3-1-2-4-6-15/h7H,1-6H2,(H,12,13,16). The monoisotopic (exact) mass is 250 g/mol. The van der Waals surface area contributed by atoms with E-state index in [1.807, 2.05) is 0 Å². The number of hydrogen-bond donors (Lipinski definition) is 1. The summed E-state index contributed by atoms with van der Waals surface area (Å²) in [6, 6.07) is 0. The van der Waals surface area contributed by atoms with Gasteiger partial charge in [-0.3, -0.25) is 4.79 Å². The molecule has 0 unspecified atom stereocenters. The quantitative estimate of drug-likeness (QED) is 0.837. The van der Waals surface area contributed by atoms with Crippen molar-refractivity contribution in [2.45, 2.75) is 25.7 Å². The maximum Gasteiger partial charge on any atom is 0.278 e. The number of nitrogens with zero attached hydrogens (tertiary/aromatic N) is 3. The lowest BCUT2D eigenvalue weighted by Crippen LogP contribution is -2.23. The van der Waals surface area contributed by atoms with Gasteiger partial charge in [-0.05, 0) is 12.8 Å². The zero-order valence-electron chi connectivity index (χ0n) is 9.48. The molecule has 0 bridgehead atoms. The fourth-order valence-electron chi connectivity index (χ4n) is 2.15. The van der Waals surface area contributed by atoms with Gasteiger partial charge < -0.3 is 9.88 Å². The number of H-pyrrole nitrogens is 1. The first-order valence-corrected chi connectivity index (χ1v) is 6.75. The van der Waals surface area contributed by atoms with Crippen molar-refractivity contribution in [3.05, 3.63) is 16.7 Å². The van der Waals surface area contributed by atoms with E-state index in [0.717, 1.165) is 23.1 Å². The Balaban J connectivity index is 1.99. The second kappa shape index (κ2) is 4.44. The lowest BCUT2D eigenvalue weighted by atomic mass is 10.2. The van der Waals surface area contributed by atoms with E-state index < -0.39 is 0 Å². The molecule has 3 heterocycles. The molecule has 1 N–H and O–H groups in total. The predicted molar refractivity (Wildman–Crippen MR) is 68.7 cm³/mol. The van der Waals surface area contributed by atoms with E-state index in [9.17, 15) is 4.79 Å². The molecule has 1 saturated heterocycles. The van der Waals surface area contributed by atoms with Crippen LogP contribution in [-0.4, -0.2) is 28.0 Å². The van der Waals surface area contributed by atoms with Crippen molar-refractivity contribution >= 4 is 26.8 Å². The van der Waals surface area contributed by atoms with Crippen molar-refractivity contribution < 1.29 is 0 Å². The van der Waals surface area contributed by atoms with Crippen molar-refractivity contribution in [3.8, 4) is 0 Å². The van der Waals surface area contributed by atoms with Crippen molar-refractivity contribution in [3.63, 3.8) is 0 Å². The summed E-state index contributed by atoms with van der Waals surface area (Å²) in [6.45, 7) is 2.08. The van der Waals surface area contributed by atoms with Crippen molar-refractivity contribution in [1.29, 1.82) is 0 Å². The highest BCUT2D eigenvalue weighted by Crippen LogP contribution is 2.26. The van der Waals surface area contributed by atoms with Gasteiger partial charge in [0.1, 0.15) is 0 Å². The Hall–Kier alpha value is -1.43. The van der Waals surface area contributed by atoms with Crippen LogP contribution in [0, 0.1) is 0 Å². The molecule has 2 aromatic heterocycles. The molecule has 0 aliphatic carbocycles. The molecule has 0 amide bonds. The summed E-state index contributed by atoms with van der Waals surface area (Å²) in [5, 5.41) is 0.936. The number of anilines is 1. The third-order valence-electron chi connectivity index (χ3n) is 3.07. The van der Waals surface area contributed by atoms with Crippen molar-refractivity contribution in [2.75, 3.05) is 18.0 Å². The maximum absolute atomic E-state index is 11.6. The highest BCUT2D eigenvalue weighted by Gasteiger charge is 2.15. The fourth-order valence-corrected chi connectivity index (χ4v) is 3.11. The van der Waals surface area contributed by atoms with E-state index in [2.05, 4.69) is 19.9 Å². The lowest BCUT2D eigenvalue weighted by molar-refractivity contribution is 0.726. The summed E-state index contributed by atoms with van der Waals surface area (Å²) >= 11 is 1.51. The highest BCUT2D eigenvalue weighted by atomic mass is 32.1. The third-order valence-corrected chi connectivity index (χ3v) is 4.09. The average molecular weight is 250 g/mol. The lowest BCUT2D eigenvalue weighted by Gasteiger charge is -2.18. The molecule has 0 spiro atoms. The Morgan fingerprint density at radius 3 is 2.71 bits per heavy atom. The SMILES string of the molecule is O=c1[nH]cnc2sc(N3CCCCCC3)nc12. The van der Waals surface area contributed by atoms with E-state index in [1.54, 1.807) is 0 Å². The summed E-state index contributed by atoms with van der Waals surface area (Å²) in [5.41, 5.74) is 0.323. The van der Waals surface area contributed by atoms with Crippen LogP contribution in [0.15, 0.2) is 11.1 Å². The molecule has 6 heteroatoms. The normalized spacial score (nSPS) is 17.3. The van der Waals surface area contributed by atoms with Crippen LogP contribution in [0.5, 0.6) is 0 Å². The van der Waals surface area contributed by atoms with E-state index in [0.29, 0.717) is 5.52 Å². The summed E-state index contributed by atoms with van der Waals surface area (Å²) < 4.78 is 0. The molecule has 0 radical (unpaired) electrons. The Morgan fingerprint density at radius 2 is 2.00 bits per heavy atom. The summed E-state index contributed by atoms with van der Waals surface area (Å²) in [7, 11) is 0. The van der Waals surface area contributed by atoms with Crippen LogP contribution >= 0.6 is 11.3 Å². The van der Waals surface area contributed by atoms with Gasteiger partial charge in [-0.1, -0.05) is 24.2 Å². The number of aromatic nitrogens is 3. The first kappa shape index (κ1) is 10.7. The Bertz CT molecular complexity index is 568. The first-order chi connectivity index (χ1) is 8.34. The predicted octanol–water partition coefficient (Wildman–Crippen LogP) is 1.76. The molecule has 90 valence electrons. The number of hydrogen-bond acceptors (Lipinski definition) is 5. The largest absolute Gasteiger partial charge is 0.348 e. The molecular weight excluding hydrogens is 236 g/mol. The van der Waals surface area contributed by atoms with E-state index in [-0.39, 0.29) is 5.56 Å². The number of thiazole rings is 1. The molecule has 0 saturated carbocycles. The summed E-state index contributed by atoms with van der Waals surface area (Å²) in [6.07, 6.45) is 6.44. The van der Waals surface area contributed by atoms with Crippen LogP contribution in [0.3, 0.4) is 0 Å². The van der Waals surface area contributed by atoms with Gasteiger partial charge in [-0.15, -0.1) is 0 Å². The first-order valence-electron chi connectivity index (χ1n) is 5.94. The molecule has 17 heavy (non-hydrogen) atoms. The molecule has 1 aliphatic rings. The number of aromatic amines is 1. The van der Waals surface area contributed by atoms with Gasteiger partial charge in [-0.2, -0.15) is 0 Å². The van der Waals surface area contributed by atoms with E-state index in [4.69, 9.17) is 0 Å². The molecule has 2 aromatic rings. The third kappa shape index (κ3) is 2.04. The van der Waals surface area contributed by atoms with Crippen LogP contribution in [-0.2, 0) is 0 Å². The fraction of sp³-hybridized carbons (Fsp3) is 0.545. The van der Waals surface area contributed by atoms with Crippen LogP contribution in [0.1, 0.15) is 25.7 Å². The number of nitrogens with one attached hydrogen (secondary N) is 1. The molecule has 1 fully saturated rings. The zero-order valence-corrected chi connectivity index (χ0v) is 10.3. The van der Waals surface area contributed by atoms with Gasteiger partial charge in [-0.25, -0.2) is 9.97 Å².